The van der Waals surface area contributed by atoms with Crippen molar-refractivity contribution in [1.29, 1.82) is 0 Å². The van der Waals surface area contributed by atoms with Crippen molar-refractivity contribution in [2.75, 3.05) is 24.7 Å². The van der Waals surface area contributed by atoms with Gasteiger partial charge in [0.2, 0.25) is 0 Å². The van der Waals surface area contributed by atoms with Crippen molar-refractivity contribution in [3.8, 4) is 11.4 Å². The van der Waals surface area contributed by atoms with E-state index < -0.39 is 5.82 Å². The number of carbonyl (C=O) groups is 1. The Morgan fingerprint density at radius 3 is 2.50 bits per heavy atom. The molecule has 0 radical (unpaired) electrons. The number of aromatic nitrogens is 2. The Hall–Kier alpha value is -2.21. The normalized spacial score (nSPS) is 10.6. The van der Waals surface area contributed by atoms with E-state index in [0.29, 0.717) is 5.56 Å². The highest BCUT2D eigenvalue weighted by molar-refractivity contribution is 6.33. The Bertz CT molecular complexity index is 762. The van der Waals surface area contributed by atoms with Crippen molar-refractivity contribution in [2.45, 2.75) is 13.8 Å². The lowest BCUT2D eigenvalue weighted by atomic mass is 10.1. The number of nitrogens with two attached hydrogens (primary N) is 1. The Balaban J connectivity index is 2.73. The van der Waals surface area contributed by atoms with Crippen molar-refractivity contribution in [3.63, 3.8) is 0 Å². The van der Waals surface area contributed by atoms with Crippen LogP contribution < -0.4 is 10.6 Å². The molecule has 2 N–H and O–H groups in total. The molecule has 0 bridgehead atoms. The van der Waals surface area contributed by atoms with E-state index in [9.17, 15) is 9.18 Å². The van der Waals surface area contributed by atoms with E-state index in [2.05, 4.69) is 9.97 Å². The fraction of sp³-hybridized carbons (Fsp3) is 0.267. The summed E-state index contributed by atoms with van der Waals surface area (Å²) in [7, 11) is 3.36. The molecule has 7 heteroatoms. The molecule has 0 aliphatic heterocycles. The SMILES string of the molecule is CC(=O)c1nc(-c2ccc(Cl)c(N(C)C)c2F)nc(N)c1C. The molecule has 5 nitrogen and oxygen atoms in total. The fourth-order valence-corrected chi connectivity index (χ4v) is 2.44. The molecule has 0 atom stereocenters. The highest BCUT2D eigenvalue weighted by atomic mass is 35.5. The maximum atomic E-state index is 14.7. The van der Waals surface area contributed by atoms with Crippen LogP contribution in [-0.4, -0.2) is 29.8 Å². The molecule has 1 aromatic carbocycles. The third-order valence-electron chi connectivity index (χ3n) is 3.27. The first-order valence-corrected chi connectivity index (χ1v) is 6.92. The zero-order chi connectivity index (χ0) is 16.6. The van der Waals surface area contributed by atoms with Crippen LogP contribution in [0.25, 0.3) is 11.4 Å². The Labute approximate surface area is 132 Å². The maximum absolute atomic E-state index is 14.7. The molecule has 0 saturated heterocycles. The minimum Gasteiger partial charge on any atom is -0.383 e. The third-order valence-corrected chi connectivity index (χ3v) is 3.58. The second-order valence-electron chi connectivity index (χ2n) is 5.11. The van der Waals surface area contributed by atoms with E-state index in [1.54, 1.807) is 32.0 Å². The average molecular weight is 323 g/mol. The lowest BCUT2D eigenvalue weighted by Gasteiger charge is -2.17. The Morgan fingerprint density at radius 2 is 1.95 bits per heavy atom. The third kappa shape index (κ3) is 2.74. The van der Waals surface area contributed by atoms with Crippen LogP contribution in [0.5, 0.6) is 0 Å². The van der Waals surface area contributed by atoms with Gasteiger partial charge in [0.1, 0.15) is 11.5 Å². The standard InChI is InChI=1S/C15H16ClFN4O/c1-7-12(8(2)22)19-15(20-14(7)18)9-5-6-10(16)13(11(9)17)21(3)4/h5-6H,1-4H3,(H2,18,19,20). The number of Topliss-reactive ketones (excluding diaryl/α,β-unsaturated/α-hetero) is 1. The van der Waals surface area contributed by atoms with Gasteiger partial charge in [-0.05, 0) is 19.1 Å². The minimum atomic E-state index is -0.560. The first-order chi connectivity index (χ1) is 10.2. The van der Waals surface area contributed by atoms with Crippen LogP contribution in [0.2, 0.25) is 5.02 Å². The van der Waals surface area contributed by atoms with Crippen molar-refractivity contribution < 1.29 is 9.18 Å². The number of anilines is 2. The smallest absolute Gasteiger partial charge is 0.178 e. The summed E-state index contributed by atoms with van der Waals surface area (Å²) < 4.78 is 14.7. The van der Waals surface area contributed by atoms with E-state index in [4.69, 9.17) is 17.3 Å². The Morgan fingerprint density at radius 1 is 1.32 bits per heavy atom. The van der Waals surface area contributed by atoms with Crippen LogP contribution in [0.3, 0.4) is 0 Å². The van der Waals surface area contributed by atoms with Crippen molar-refractivity contribution in [2.24, 2.45) is 0 Å². The lowest BCUT2D eigenvalue weighted by Crippen LogP contribution is -2.13. The number of rotatable bonds is 3. The molecule has 2 aromatic rings. The molecule has 0 saturated carbocycles. The maximum Gasteiger partial charge on any atom is 0.178 e. The molecule has 0 amide bonds. The van der Waals surface area contributed by atoms with Crippen molar-refractivity contribution >= 4 is 28.9 Å². The predicted octanol–water partition coefficient (Wildman–Crippen LogP) is 3.10. The molecule has 1 heterocycles. The largest absolute Gasteiger partial charge is 0.383 e. The van der Waals surface area contributed by atoms with E-state index in [0.717, 1.165) is 0 Å². The molecule has 0 fully saturated rings. The number of carbonyl (C=O) groups excluding carboxylic acids is 1. The predicted molar refractivity (Wildman–Crippen MR) is 85.9 cm³/mol. The van der Waals surface area contributed by atoms with Gasteiger partial charge in [-0.2, -0.15) is 0 Å². The summed E-state index contributed by atoms with van der Waals surface area (Å²) in [5.74, 6) is -0.605. The summed E-state index contributed by atoms with van der Waals surface area (Å²) in [6.07, 6.45) is 0. The van der Waals surface area contributed by atoms with Gasteiger partial charge in [0.25, 0.3) is 0 Å². The van der Waals surface area contributed by atoms with Crippen LogP contribution in [0, 0.1) is 12.7 Å². The second-order valence-corrected chi connectivity index (χ2v) is 5.52. The van der Waals surface area contributed by atoms with Crippen LogP contribution in [0.1, 0.15) is 23.0 Å². The van der Waals surface area contributed by atoms with Crippen molar-refractivity contribution in [3.05, 3.63) is 34.2 Å². The number of halogens is 2. The molecule has 0 spiro atoms. The average Bonchev–Trinajstić information content (AvgIpc) is 2.41. The second kappa shape index (κ2) is 5.88. The van der Waals surface area contributed by atoms with Gasteiger partial charge in [-0.15, -0.1) is 0 Å². The van der Waals surface area contributed by atoms with Gasteiger partial charge in [-0.25, -0.2) is 14.4 Å². The van der Waals surface area contributed by atoms with E-state index >= 15 is 0 Å². The van der Waals surface area contributed by atoms with Gasteiger partial charge in [0.15, 0.2) is 17.4 Å². The summed E-state index contributed by atoms with van der Waals surface area (Å²) in [4.78, 5) is 21.4. The fourth-order valence-electron chi connectivity index (χ4n) is 2.12. The highest BCUT2D eigenvalue weighted by Crippen LogP contribution is 2.34. The highest BCUT2D eigenvalue weighted by Gasteiger charge is 2.20. The summed E-state index contributed by atoms with van der Waals surface area (Å²) in [6.45, 7) is 3.03. The molecule has 1 aromatic heterocycles. The summed E-state index contributed by atoms with van der Waals surface area (Å²) in [5.41, 5.74) is 6.85. The van der Waals surface area contributed by atoms with Crippen LogP contribution >= 0.6 is 11.6 Å². The first kappa shape index (κ1) is 16.2. The molecular weight excluding hydrogens is 307 g/mol. The van der Waals surface area contributed by atoms with Gasteiger partial charge in [-0.1, -0.05) is 11.6 Å². The number of nitrogens with zero attached hydrogens (tertiary/aromatic N) is 3. The van der Waals surface area contributed by atoms with Gasteiger partial charge >= 0.3 is 0 Å². The van der Waals surface area contributed by atoms with E-state index in [-0.39, 0.29) is 39.4 Å². The lowest BCUT2D eigenvalue weighted by molar-refractivity contribution is 0.101. The molecule has 0 aliphatic rings. The van der Waals surface area contributed by atoms with Crippen LogP contribution in [0.4, 0.5) is 15.9 Å². The van der Waals surface area contributed by atoms with Crippen LogP contribution in [0.15, 0.2) is 12.1 Å². The molecule has 2 rings (SSSR count). The van der Waals surface area contributed by atoms with Crippen molar-refractivity contribution in [1.82, 2.24) is 9.97 Å². The number of hydrogen-bond donors (Lipinski definition) is 1. The number of nitrogen functional groups attached to an aromatic ring is 1. The number of benzene rings is 1. The molecular formula is C15H16ClFN4O. The summed E-state index contributed by atoms with van der Waals surface area (Å²) in [6, 6.07) is 3.03. The molecule has 22 heavy (non-hydrogen) atoms. The van der Waals surface area contributed by atoms with Gasteiger partial charge in [0.05, 0.1) is 16.3 Å². The number of ketones is 1. The Kier molecular flexibility index (Phi) is 4.32. The molecule has 0 aliphatic carbocycles. The monoisotopic (exact) mass is 322 g/mol. The van der Waals surface area contributed by atoms with Gasteiger partial charge in [-0.3, -0.25) is 4.79 Å². The summed E-state index contributed by atoms with van der Waals surface area (Å²) in [5, 5.41) is 0.276. The number of hydrogen-bond acceptors (Lipinski definition) is 5. The minimum absolute atomic E-state index is 0.0607. The van der Waals surface area contributed by atoms with E-state index in [1.165, 1.54) is 13.0 Å². The quantitative estimate of drug-likeness (QED) is 0.879. The zero-order valence-corrected chi connectivity index (χ0v) is 13.5. The summed E-state index contributed by atoms with van der Waals surface area (Å²) >= 11 is 6.02. The molecule has 116 valence electrons. The van der Waals surface area contributed by atoms with Gasteiger partial charge in [0, 0.05) is 26.6 Å². The zero-order valence-electron chi connectivity index (χ0n) is 12.7. The first-order valence-electron chi connectivity index (χ1n) is 6.54. The molecule has 0 unspecified atom stereocenters. The van der Waals surface area contributed by atoms with Crippen LogP contribution in [-0.2, 0) is 0 Å². The van der Waals surface area contributed by atoms with E-state index in [1.807, 2.05) is 0 Å². The topological polar surface area (TPSA) is 72.1 Å². The van der Waals surface area contributed by atoms with Gasteiger partial charge < -0.3 is 10.6 Å².